The van der Waals surface area contributed by atoms with Gasteiger partial charge in [-0.05, 0) is 24.6 Å². The number of hydrogen-bond donors (Lipinski definition) is 2. The molecule has 0 bridgehead atoms. The molecule has 0 fully saturated rings. The first kappa shape index (κ1) is 24.3. The van der Waals surface area contributed by atoms with Crippen LogP contribution in [0.4, 0.5) is 26.4 Å². The van der Waals surface area contributed by atoms with Crippen LogP contribution in [0, 0.1) is 18.6 Å². The van der Waals surface area contributed by atoms with Gasteiger partial charge in [-0.2, -0.15) is 9.97 Å². The number of imidazole rings is 1. The highest BCUT2D eigenvalue weighted by atomic mass is 32.2. The Morgan fingerprint density at radius 3 is 2.46 bits per heavy atom. The quantitative estimate of drug-likeness (QED) is 0.342. The number of aromatic nitrogens is 6. The fraction of sp³-hybridized carbons (Fsp3) is 0.167. The zero-order chi connectivity index (χ0) is 26.5. The van der Waals surface area contributed by atoms with Gasteiger partial charge in [-0.15, -0.1) is 0 Å². The molecule has 0 spiro atoms. The van der Waals surface area contributed by atoms with Crippen LogP contribution in [0.2, 0.25) is 0 Å². The molecule has 0 saturated heterocycles. The van der Waals surface area contributed by atoms with Crippen molar-refractivity contribution in [2.75, 3.05) is 11.1 Å². The van der Waals surface area contributed by atoms with Crippen LogP contribution in [0.15, 0.2) is 60.1 Å². The van der Waals surface area contributed by atoms with Crippen molar-refractivity contribution in [3.8, 4) is 0 Å². The van der Waals surface area contributed by atoms with Gasteiger partial charge in [-0.25, -0.2) is 26.2 Å². The summed E-state index contributed by atoms with van der Waals surface area (Å²) < 4.78 is 58.4. The van der Waals surface area contributed by atoms with Crippen molar-refractivity contribution in [1.82, 2.24) is 28.5 Å². The molecule has 10 nitrogen and oxygen atoms in total. The molecule has 37 heavy (non-hydrogen) atoms. The summed E-state index contributed by atoms with van der Waals surface area (Å²) in [5.41, 5.74) is 7.11. The summed E-state index contributed by atoms with van der Waals surface area (Å²) in [6.07, 6.45) is 5.50. The van der Waals surface area contributed by atoms with E-state index in [1.165, 1.54) is 18.3 Å². The molecule has 4 aromatic heterocycles. The highest BCUT2D eigenvalue weighted by Gasteiger charge is 2.29. The molecular weight excluding hydrogens is 502 g/mol. The largest absolute Gasteiger partial charge is 0.368 e. The van der Waals surface area contributed by atoms with Crippen molar-refractivity contribution < 1.29 is 17.2 Å². The van der Waals surface area contributed by atoms with E-state index < -0.39 is 27.6 Å². The molecule has 5 aromatic rings. The van der Waals surface area contributed by atoms with E-state index in [9.17, 15) is 17.2 Å². The third kappa shape index (κ3) is 4.37. The van der Waals surface area contributed by atoms with Crippen LogP contribution < -0.4 is 11.1 Å². The predicted octanol–water partition coefficient (Wildman–Crippen LogP) is 3.86. The number of pyridine rings is 1. The van der Waals surface area contributed by atoms with Crippen LogP contribution in [-0.4, -0.2) is 36.9 Å². The third-order valence-corrected chi connectivity index (χ3v) is 7.57. The Balaban J connectivity index is 1.79. The Morgan fingerprint density at radius 1 is 1.08 bits per heavy atom. The molecule has 1 unspecified atom stereocenters. The van der Waals surface area contributed by atoms with Gasteiger partial charge in [-0.1, -0.05) is 24.6 Å². The maximum absolute atomic E-state index is 14.7. The fourth-order valence-electron chi connectivity index (χ4n) is 4.06. The number of nitrogens with one attached hydrogen (secondary N) is 1. The van der Waals surface area contributed by atoms with Gasteiger partial charge in [0.1, 0.15) is 23.3 Å². The van der Waals surface area contributed by atoms with Crippen LogP contribution in [0.1, 0.15) is 29.7 Å². The predicted molar refractivity (Wildman–Crippen MR) is 134 cm³/mol. The molecule has 0 aliphatic heterocycles. The molecule has 3 N–H and O–H groups in total. The van der Waals surface area contributed by atoms with Crippen LogP contribution in [-0.2, 0) is 17.1 Å². The van der Waals surface area contributed by atoms with Crippen molar-refractivity contribution in [1.29, 1.82) is 0 Å². The summed E-state index contributed by atoms with van der Waals surface area (Å²) in [6, 6.07) is 7.05. The van der Waals surface area contributed by atoms with Crippen LogP contribution >= 0.6 is 0 Å². The van der Waals surface area contributed by atoms with E-state index in [0.29, 0.717) is 11.4 Å². The lowest BCUT2D eigenvalue weighted by Crippen LogP contribution is -2.13. The number of nitrogen functional groups attached to an aromatic ring is 1. The Kier molecular flexibility index (Phi) is 5.86. The van der Waals surface area contributed by atoms with Crippen molar-refractivity contribution in [3.05, 3.63) is 83.7 Å². The van der Waals surface area contributed by atoms with E-state index in [2.05, 4.69) is 25.3 Å². The lowest BCUT2D eigenvalue weighted by atomic mass is 9.97. The molecule has 0 radical (unpaired) electrons. The number of fused-ring (bicyclic) bond motifs is 1. The first-order valence-corrected chi connectivity index (χ1v) is 12.5. The van der Waals surface area contributed by atoms with Gasteiger partial charge in [0.15, 0.2) is 5.65 Å². The fourth-order valence-corrected chi connectivity index (χ4v) is 5.38. The standard InChI is InChI=1S/C24H22F2N8O2S/c1-13-4-6-16(7-5-13)37(35,36)34-10-17(14(2)21-18(26)8-15(25)9-28-21)20-22(31-24(27)32-23(20)34)30-19-11-33(3)12-29-19/h4-12,14H,1-3H3,(H3,27,30,31,32). The maximum Gasteiger partial charge on any atom is 0.269 e. The van der Waals surface area contributed by atoms with Gasteiger partial charge in [0.25, 0.3) is 10.0 Å². The zero-order valence-electron chi connectivity index (χ0n) is 20.0. The molecule has 0 saturated carbocycles. The lowest BCUT2D eigenvalue weighted by molar-refractivity contribution is 0.552. The maximum atomic E-state index is 14.7. The van der Waals surface area contributed by atoms with E-state index in [1.54, 1.807) is 43.2 Å². The Bertz CT molecular complexity index is 1750. The second-order valence-corrected chi connectivity index (χ2v) is 10.4. The second-order valence-electron chi connectivity index (χ2n) is 8.62. The monoisotopic (exact) mass is 524 g/mol. The van der Waals surface area contributed by atoms with E-state index in [4.69, 9.17) is 5.73 Å². The van der Waals surface area contributed by atoms with Crippen molar-refractivity contribution in [3.63, 3.8) is 0 Å². The molecule has 0 aliphatic rings. The number of rotatable bonds is 6. The third-order valence-electron chi connectivity index (χ3n) is 5.90. The number of nitrogens with zero attached hydrogens (tertiary/aromatic N) is 6. The van der Waals surface area contributed by atoms with Gasteiger partial charge in [0.2, 0.25) is 5.95 Å². The Morgan fingerprint density at radius 2 is 1.81 bits per heavy atom. The number of nitrogens with two attached hydrogens (primary N) is 1. The van der Waals surface area contributed by atoms with Gasteiger partial charge in [0, 0.05) is 31.4 Å². The number of anilines is 3. The summed E-state index contributed by atoms with van der Waals surface area (Å²) in [4.78, 5) is 16.7. The van der Waals surface area contributed by atoms with Crippen LogP contribution in [0.5, 0.6) is 0 Å². The van der Waals surface area contributed by atoms with Gasteiger partial charge in [-0.3, -0.25) is 4.98 Å². The van der Waals surface area contributed by atoms with Gasteiger partial charge < -0.3 is 15.6 Å². The van der Waals surface area contributed by atoms with E-state index in [-0.39, 0.29) is 33.4 Å². The molecule has 190 valence electrons. The summed E-state index contributed by atoms with van der Waals surface area (Å²) in [6.45, 7) is 3.47. The minimum Gasteiger partial charge on any atom is -0.368 e. The smallest absolute Gasteiger partial charge is 0.269 e. The minimum atomic E-state index is -4.15. The van der Waals surface area contributed by atoms with E-state index >= 15 is 0 Å². The van der Waals surface area contributed by atoms with Gasteiger partial charge >= 0.3 is 0 Å². The zero-order valence-corrected chi connectivity index (χ0v) is 20.8. The Hall–Kier alpha value is -4.39. The molecule has 0 aliphatic carbocycles. The highest BCUT2D eigenvalue weighted by Crippen LogP contribution is 2.38. The highest BCUT2D eigenvalue weighted by molar-refractivity contribution is 7.90. The number of aryl methyl sites for hydroxylation is 2. The molecule has 13 heteroatoms. The summed E-state index contributed by atoms with van der Waals surface area (Å²) in [5, 5.41) is 3.32. The Labute approximate surface area is 210 Å². The normalized spacial score (nSPS) is 12.7. The van der Waals surface area contributed by atoms with Crippen LogP contribution in [0.25, 0.3) is 11.0 Å². The van der Waals surface area contributed by atoms with E-state index in [0.717, 1.165) is 21.8 Å². The molecule has 0 amide bonds. The second kappa shape index (κ2) is 8.92. The molecule has 1 atom stereocenters. The number of halogens is 2. The average molecular weight is 525 g/mol. The first-order valence-electron chi connectivity index (χ1n) is 11.1. The number of benzene rings is 1. The van der Waals surface area contributed by atoms with E-state index in [1.807, 2.05) is 6.92 Å². The van der Waals surface area contributed by atoms with Crippen molar-refractivity contribution in [2.45, 2.75) is 24.7 Å². The van der Waals surface area contributed by atoms with Gasteiger partial charge in [0.05, 0.1) is 28.5 Å². The summed E-state index contributed by atoms with van der Waals surface area (Å²) in [7, 11) is -2.37. The topological polar surface area (TPSA) is 134 Å². The minimum absolute atomic E-state index is 0.0177. The average Bonchev–Trinajstić information content (AvgIpc) is 3.42. The molecule has 1 aromatic carbocycles. The first-order chi connectivity index (χ1) is 17.5. The molecular formula is C24H22F2N8O2S. The van der Waals surface area contributed by atoms with Crippen molar-refractivity contribution in [2.24, 2.45) is 7.05 Å². The van der Waals surface area contributed by atoms with Crippen molar-refractivity contribution >= 4 is 38.6 Å². The van der Waals surface area contributed by atoms with Crippen LogP contribution in [0.3, 0.4) is 0 Å². The summed E-state index contributed by atoms with van der Waals surface area (Å²) >= 11 is 0. The summed E-state index contributed by atoms with van der Waals surface area (Å²) in [5.74, 6) is -2.11. The SMILES string of the molecule is Cc1ccc(S(=O)(=O)n2cc(C(C)c3ncc(F)cc3F)c3c(Nc4cn(C)cn4)nc(N)nc32)cc1. The lowest BCUT2D eigenvalue weighted by Gasteiger charge is -2.13. The molecule has 4 heterocycles. The number of hydrogen-bond acceptors (Lipinski definition) is 8. The molecule has 5 rings (SSSR count).